The minimum atomic E-state index is -0.0404. The fourth-order valence-corrected chi connectivity index (χ4v) is 0.764. The third-order valence-corrected chi connectivity index (χ3v) is 1.43. The van der Waals surface area contributed by atoms with E-state index in [0.29, 0.717) is 5.56 Å². The molecule has 0 aromatic carbocycles. The van der Waals surface area contributed by atoms with Crippen molar-refractivity contribution < 1.29 is 4.79 Å². The standard InChI is InChI=1S/C8H12N2O/c1-8(2,3)10-5-7(6-11)4-9-10/h4-6H,1-3H3. The average Bonchev–Trinajstić information content (AvgIpc) is 2.32. The minimum absolute atomic E-state index is 0.0404. The Hall–Kier alpha value is -1.12. The Kier molecular flexibility index (Phi) is 1.81. The van der Waals surface area contributed by atoms with Gasteiger partial charge in [-0.2, -0.15) is 5.10 Å². The molecule has 0 saturated heterocycles. The monoisotopic (exact) mass is 152 g/mol. The van der Waals surface area contributed by atoms with E-state index in [-0.39, 0.29) is 5.54 Å². The SMILES string of the molecule is CC(C)(C)n1cc(C=O)cn1. The largest absolute Gasteiger partial charge is 0.298 e. The van der Waals surface area contributed by atoms with E-state index >= 15 is 0 Å². The molecule has 3 heteroatoms. The van der Waals surface area contributed by atoms with Crippen LogP contribution in [0.15, 0.2) is 12.4 Å². The maximum atomic E-state index is 10.3. The lowest BCUT2D eigenvalue weighted by Crippen LogP contribution is -2.21. The predicted molar refractivity (Wildman–Crippen MR) is 42.6 cm³/mol. The highest BCUT2D eigenvalue weighted by Gasteiger charge is 2.13. The summed E-state index contributed by atoms with van der Waals surface area (Å²) in [6, 6.07) is 0. The zero-order chi connectivity index (χ0) is 8.48. The topological polar surface area (TPSA) is 34.9 Å². The van der Waals surface area contributed by atoms with Gasteiger partial charge in [0.1, 0.15) is 0 Å². The van der Waals surface area contributed by atoms with E-state index in [2.05, 4.69) is 5.10 Å². The number of rotatable bonds is 1. The van der Waals surface area contributed by atoms with E-state index in [1.807, 2.05) is 20.8 Å². The third kappa shape index (κ3) is 1.67. The Morgan fingerprint density at radius 2 is 2.18 bits per heavy atom. The van der Waals surface area contributed by atoms with Crippen LogP contribution in [0.25, 0.3) is 0 Å². The van der Waals surface area contributed by atoms with Crippen LogP contribution in [0, 0.1) is 0 Å². The third-order valence-electron chi connectivity index (χ3n) is 1.43. The van der Waals surface area contributed by atoms with Crippen molar-refractivity contribution in [3.05, 3.63) is 18.0 Å². The molecule has 11 heavy (non-hydrogen) atoms. The normalized spacial score (nSPS) is 11.5. The Morgan fingerprint density at radius 1 is 1.55 bits per heavy atom. The highest BCUT2D eigenvalue weighted by Crippen LogP contribution is 2.11. The number of hydrogen-bond acceptors (Lipinski definition) is 2. The van der Waals surface area contributed by atoms with Gasteiger partial charge in [-0.05, 0) is 20.8 Å². The van der Waals surface area contributed by atoms with E-state index in [4.69, 9.17) is 0 Å². The van der Waals surface area contributed by atoms with Crippen molar-refractivity contribution in [2.45, 2.75) is 26.3 Å². The molecule has 60 valence electrons. The van der Waals surface area contributed by atoms with Gasteiger partial charge in [-0.15, -0.1) is 0 Å². The van der Waals surface area contributed by atoms with Crippen molar-refractivity contribution in [1.82, 2.24) is 9.78 Å². The molecule has 0 aliphatic heterocycles. The van der Waals surface area contributed by atoms with Crippen LogP contribution in [-0.2, 0) is 5.54 Å². The summed E-state index contributed by atoms with van der Waals surface area (Å²) < 4.78 is 1.77. The van der Waals surface area contributed by atoms with Gasteiger partial charge in [0.25, 0.3) is 0 Å². The molecule has 0 aliphatic rings. The number of nitrogens with zero attached hydrogens (tertiary/aromatic N) is 2. The quantitative estimate of drug-likeness (QED) is 0.571. The molecule has 0 amide bonds. The van der Waals surface area contributed by atoms with Crippen LogP contribution in [0.5, 0.6) is 0 Å². The summed E-state index contributed by atoms with van der Waals surface area (Å²) in [6.45, 7) is 6.11. The molecule has 0 bridgehead atoms. The zero-order valence-corrected chi connectivity index (χ0v) is 7.03. The van der Waals surface area contributed by atoms with Crippen molar-refractivity contribution in [2.24, 2.45) is 0 Å². The number of aldehydes is 1. The van der Waals surface area contributed by atoms with E-state index in [9.17, 15) is 4.79 Å². The summed E-state index contributed by atoms with van der Waals surface area (Å²) in [5, 5.41) is 4.04. The van der Waals surface area contributed by atoms with Gasteiger partial charge in [-0.3, -0.25) is 9.48 Å². The molecule has 0 unspecified atom stereocenters. The molecule has 0 fully saturated rings. The summed E-state index contributed by atoms with van der Waals surface area (Å²) >= 11 is 0. The maximum absolute atomic E-state index is 10.3. The van der Waals surface area contributed by atoms with Crippen molar-refractivity contribution in [2.75, 3.05) is 0 Å². The summed E-state index contributed by atoms with van der Waals surface area (Å²) in [6.07, 6.45) is 4.11. The fraction of sp³-hybridized carbons (Fsp3) is 0.500. The second-order valence-electron chi connectivity index (χ2n) is 3.51. The number of carbonyl (C=O) groups is 1. The minimum Gasteiger partial charge on any atom is -0.298 e. The molecule has 0 N–H and O–H groups in total. The Balaban J connectivity index is 2.98. The highest BCUT2D eigenvalue weighted by atomic mass is 16.1. The van der Waals surface area contributed by atoms with Gasteiger partial charge >= 0.3 is 0 Å². The summed E-state index contributed by atoms with van der Waals surface area (Å²) in [7, 11) is 0. The molecule has 0 aliphatic carbocycles. The van der Waals surface area contributed by atoms with E-state index in [0.717, 1.165) is 6.29 Å². The van der Waals surface area contributed by atoms with Crippen LogP contribution in [0.2, 0.25) is 0 Å². The van der Waals surface area contributed by atoms with Gasteiger partial charge in [0.05, 0.1) is 17.3 Å². The summed E-state index contributed by atoms with van der Waals surface area (Å²) in [4.78, 5) is 10.3. The molecule has 0 saturated carbocycles. The van der Waals surface area contributed by atoms with Gasteiger partial charge in [0, 0.05) is 6.20 Å². The van der Waals surface area contributed by atoms with Gasteiger partial charge in [0.2, 0.25) is 0 Å². The zero-order valence-electron chi connectivity index (χ0n) is 7.03. The fourth-order valence-electron chi connectivity index (χ4n) is 0.764. The first kappa shape index (κ1) is 7.98. The molecule has 1 heterocycles. The van der Waals surface area contributed by atoms with Crippen LogP contribution in [-0.4, -0.2) is 16.1 Å². The average molecular weight is 152 g/mol. The Bertz CT molecular complexity index is 257. The lowest BCUT2D eigenvalue weighted by Gasteiger charge is -2.18. The first-order valence-electron chi connectivity index (χ1n) is 3.54. The van der Waals surface area contributed by atoms with Gasteiger partial charge < -0.3 is 0 Å². The van der Waals surface area contributed by atoms with E-state index < -0.39 is 0 Å². The van der Waals surface area contributed by atoms with Crippen molar-refractivity contribution in [3.63, 3.8) is 0 Å². The van der Waals surface area contributed by atoms with Crippen LogP contribution >= 0.6 is 0 Å². The first-order chi connectivity index (χ1) is 5.04. The molecule has 0 atom stereocenters. The second-order valence-corrected chi connectivity index (χ2v) is 3.51. The molecule has 1 aromatic heterocycles. The molecule has 1 rings (SSSR count). The second kappa shape index (κ2) is 2.49. The van der Waals surface area contributed by atoms with E-state index in [1.165, 1.54) is 0 Å². The van der Waals surface area contributed by atoms with E-state index in [1.54, 1.807) is 17.1 Å². The van der Waals surface area contributed by atoms with Crippen molar-refractivity contribution in [3.8, 4) is 0 Å². The Labute approximate surface area is 66.0 Å². The van der Waals surface area contributed by atoms with Gasteiger partial charge in [0.15, 0.2) is 6.29 Å². The number of carbonyl (C=O) groups excluding carboxylic acids is 1. The predicted octanol–water partition coefficient (Wildman–Crippen LogP) is 1.45. The molecular formula is C8H12N2O. The maximum Gasteiger partial charge on any atom is 0.153 e. The summed E-state index contributed by atoms with van der Waals surface area (Å²) in [5.41, 5.74) is 0.585. The highest BCUT2D eigenvalue weighted by molar-refractivity contribution is 5.73. The van der Waals surface area contributed by atoms with Crippen molar-refractivity contribution >= 4 is 6.29 Å². The smallest absolute Gasteiger partial charge is 0.153 e. The molecule has 0 spiro atoms. The van der Waals surface area contributed by atoms with Crippen LogP contribution < -0.4 is 0 Å². The molecule has 1 aromatic rings. The van der Waals surface area contributed by atoms with Gasteiger partial charge in [-0.25, -0.2) is 0 Å². The van der Waals surface area contributed by atoms with Crippen LogP contribution in [0.3, 0.4) is 0 Å². The lowest BCUT2D eigenvalue weighted by molar-refractivity contribution is 0.112. The van der Waals surface area contributed by atoms with Gasteiger partial charge in [-0.1, -0.05) is 0 Å². The molecule has 0 radical (unpaired) electrons. The van der Waals surface area contributed by atoms with Crippen LogP contribution in [0.4, 0.5) is 0 Å². The number of aromatic nitrogens is 2. The lowest BCUT2D eigenvalue weighted by atomic mass is 10.1. The molecule has 3 nitrogen and oxygen atoms in total. The summed E-state index contributed by atoms with van der Waals surface area (Å²) in [5.74, 6) is 0. The Morgan fingerprint density at radius 3 is 2.45 bits per heavy atom. The molecular weight excluding hydrogens is 140 g/mol. The number of hydrogen-bond donors (Lipinski definition) is 0. The first-order valence-corrected chi connectivity index (χ1v) is 3.54. The van der Waals surface area contributed by atoms with Crippen molar-refractivity contribution in [1.29, 1.82) is 0 Å². The van der Waals surface area contributed by atoms with Crippen LogP contribution in [0.1, 0.15) is 31.1 Å².